The number of carbonyl (C=O) groups excluding carboxylic acids is 1. The summed E-state index contributed by atoms with van der Waals surface area (Å²) in [6, 6.07) is 8.99. The molecule has 1 atom stereocenters. The van der Waals surface area contributed by atoms with Crippen molar-refractivity contribution in [2.75, 3.05) is 11.4 Å². The zero-order chi connectivity index (χ0) is 18.1. The predicted octanol–water partition coefficient (Wildman–Crippen LogP) is 3.14. The van der Waals surface area contributed by atoms with Crippen molar-refractivity contribution in [2.45, 2.75) is 13.0 Å². The molecule has 0 bridgehead atoms. The Kier molecular flexibility index (Phi) is 4.55. The smallest absolute Gasteiger partial charge is 0.338 e. The molecular weight excluding hydrogens is 347 g/mol. The van der Waals surface area contributed by atoms with Crippen molar-refractivity contribution in [3.63, 3.8) is 0 Å². The van der Waals surface area contributed by atoms with E-state index in [1.165, 1.54) is 23.1 Å². The number of halogens is 2. The average molecular weight is 361 g/mol. The van der Waals surface area contributed by atoms with Gasteiger partial charge in [0.05, 0.1) is 11.4 Å². The number of carboxylic acid groups (broad SMARTS) is 1. The number of carbonyl (C=O) groups is 2. The molecule has 1 unspecified atom stereocenters. The normalized spacial score (nSPS) is 16.9. The SMILES string of the molecule is CCN1C(=O)C(C(=O)O)N=C(c2ccccc2F)c2cc(Cl)ccc21. The van der Waals surface area contributed by atoms with Crippen LogP contribution in [-0.4, -0.2) is 35.3 Å². The summed E-state index contributed by atoms with van der Waals surface area (Å²) in [5, 5.41) is 9.82. The average Bonchev–Trinajstić information content (AvgIpc) is 2.69. The third-order valence-electron chi connectivity index (χ3n) is 3.94. The van der Waals surface area contributed by atoms with E-state index in [9.17, 15) is 19.1 Å². The zero-order valence-electron chi connectivity index (χ0n) is 13.2. The lowest BCUT2D eigenvalue weighted by molar-refractivity contribution is -0.141. The van der Waals surface area contributed by atoms with E-state index in [0.717, 1.165) is 0 Å². The van der Waals surface area contributed by atoms with E-state index in [1.54, 1.807) is 31.2 Å². The Labute approximate surface area is 148 Å². The minimum atomic E-state index is -1.65. The largest absolute Gasteiger partial charge is 0.479 e. The van der Waals surface area contributed by atoms with Gasteiger partial charge in [-0.05, 0) is 37.3 Å². The Morgan fingerprint density at radius 2 is 2.00 bits per heavy atom. The van der Waals surface area contributed by atoms with Crippen LogP contribution in [0.4, 0.5) is 10.1 Å². The van der Waals surface area contributed by atoms with Gasteiger partial charge in [-0.3, -0.25) is 9.79 Å². The molecule has 1 aliphatic heterocycles. The fraction of sp³-hybridized carbons (Fsp3) is 0.167. The van der Waals surface area contributed by atoms with Gasteiger partial charge in [-0.1, -0.05) is 23.7 Å². The standard InChI is InChI=1S/C18H14ClFN2O3/c1-2-22-14-8-7-10(19)9-12(14)15(11-5-3-4-6-13(11)20)21-16(17(22)23)18(24)25/h3-9,16H,2H2,1H3,(H,24,25). The van der Waals surface area contributed by atoms with Crippen LogP contribution in [0.1, 0.15) is 18.1 Å². The number of fused-ring (bicyclic) bond motifs is 1. The molecule has 25 heavy (non-hydrogen) atoms. The maximum atomic E-state index is 14.3. The molecule has 2 aromatic carbocycles. The summed E-state index contributed by atoms with van der Waals surface area (Å²) in [6.45, 7) is 1.97. The van der Waals surface area contributed by atoms with Crippen LogP contribution < -0.4 is 4.90 Å². The molecule has 1 heterocycles. The summed E-state index contributed by atoms with van der Waals surface area (Å²) in [4.78, 5) is 29.6. The van der Waals surface area contributed by atoms with Crippen molar-refractivity contribution < 1.29 is 19.1 Å². The molecule has 0 saturated heterocycles. The van der Waals surface area contributed by atoms with Gasteiger partial charge in [-0.25, -0.2) is 9.18 Å². The first kappa shape index (κ1) is 17.1. The summed E-state index contributed by atoms with van der Waals surface area (Å²) in [7, 11) is 0. The van der Waals surface area contributed by atoms with E-state index in [4.69, 9.17) is 11.6 Å². The predicted molar refractivity (Wildman–Crippen MR) is 92.9 cm³/mol. The molecule has 2 aromatic rings. The van der Waals surface area contributed by atoms with Crippen LogP contribution in [0.3, 0.4) is 0 Å². The van der Waals surface area contributed by atoms with Gasteiger partial charge in [0.25, 0.3) is 5.91 Å². The molecule has 0 saturated carbocycles. The van der Waals surface area contributed by atoms with Gasteiger partial charge >= 0.3 is 5.97 Å². The molecule has 3 rings (SSSR count). The van der Waals surface area contributed by atoms with Crippen molar-refractivity contribution in [1.29, 1.82) is 0 Å². The molecule has 1 N–H and O–H groups in total. The lowest BCUT2D eigenvalue weighted by Gasteiger charge is -2.22. The van der Waals surface area contributed by atoms with Crippen LogP contribution in [0.2, 0.25) is 5.02 Å². The Morgan fingerprint density at radius 1 is 1.28 bits per heavy atom. The number of carboxylic acids is 1. The number of benzodiazepines with no additional fused rings is 1. The van der Waals surface area contributed by atoms with E-state index in [1.807, 2.05) is 0 Å². The van der Waals surface area contributed by atoms with E-state index in [0.29, 0.717) is 16.3 Å². The second-order valence-electron chi connectivity index (χ2n) is 5.44. The van der Waals surface area contributed by atoms with E-state index >= 15 is 0 Å². The zero-order valence-corrected chi connectivity index (χ0v) is 14.0. The number of aliphatic carboxylic acids is 1. The highest BCUT2D eigenvalue weighted by molar-refractivity contribution is 6.32. The maximum Gasteiger partial charge on any atom is 0.338 e. The molecule has 0 aliphatic carbocycles. The number of nitrogens with zero attached hydrogens (tertiary/aromatic N) is 2. The number of hydrogen-bond acceptors (Lipinski definition) is 3. The van der Waals surface area contributed by atoms with Gasteiger partial charge in [0.15, 0.2) is 0 Å². The van der Waals surface area contributed by atoms with Gasteiger partial charge in [0, 0.05) is 22.7 Å². The van der Waals surface area contributed by atoms with Crippen molar-refractivity contribution in [3.05, 3.63) is 64.4 Å². The second-order valence-corrected chi connectivity index (χ2v) is 5.88. The van der Waals surface area contributed by atoms with Crippen LogP contribution >= 0.6 is 11.6 Å². The highest BCUT2D eigenvalue weighted by atomic mass is 35.5. The fourth-order valence-corrected chi connectivity index (χ4v) is 2.98. The Morgan fingerprint density at radius 3 is 2.64 bits per heavy atom. The highest BCUT2D eigenvalue weighted by Gasteiger charge is 2.36. The van der Waals surface area contributed by atoms with Crippen molar-refractivity contribution >= 4 is 34.9 Å². The first-order valence-corrected chi connectivity index (χ1v) is 7.98. The summed E-state index contributed by atoms with van der Waals surface area (Å²) in [5.74, 6) is -2.63. The molecule has 1 amide bonds. The number of amides is 1. The number of benzene rings is 2. The molecular formula is C18H14ClFN2O3. The minimum Gasteiger partial charge on any atom is -0.479 e. The number of rotatable bonds is 3. The van der Waals surface area contributed by atoms with Gasteiger partial charge in [-0.15, -0.1) is 0 Å². The molecule has 1 aliphatic rings. The summed E-state index contributed by atoms with van der Waals surface area (Å²) in [6.07, 6.45) is 0. The number of likely N-dealkylation sites (N-methyl/N-ethyl adjacent to an activating group) is 1. The Hall–Kier alpha value is -2.73. The molecule has 0 spiro atoms. The van der Waals surface area contributed by atoms with Crippen LogP contribution in [0.5, 0.6) is 0 Å². The fourth-order valence-electron chi connectivity index (χ4n) is 2.81. The summed E-state index contributed by atoms with van der Waals surface area (Å²) in [5.41, 5.74) is 1.06. The van der Waals surface area contributed by atoms with Gasteiger partial charge < -0.3 is 10.0 Å². The third kappa shape index (κ3) is 3.00. The van der Waals surface area contributed by atoms with Gasteiger partial charge in [0.2, 0.25) is 6.04 Å². The maximum absolute atomic E-state index is 14.3. The van der Waals surface area contributed by atoms with Crippen molar-refractivity contribution in [2.24, 2.45) is 4.99 Å². The Balaban J connectivity index is 2.35. The van der Waals surface area contributed by atoms with Crippen molar-refractivity contribution in [1.82, 2.24) is 0 Å². The third-order valence-corrected chi connectivity index (χ3v) is 4.18. The molecule has 128 valence electrons. The second kappa shape index (κ2) is 6.64. The lowest BCUT2D eigenvalue weighted by atomic mass is 9.99. The molecule has 7 heteroatoms. The first-order chi connectivity index (χ1) is 11.9. The Bertz CT molecular complexity index is 898. The van der Waals surface area contributed by atoms with Crippen LogP contribution in [0.25, 0.3) is 0 Å². The lowest BCUT2D eigenvalue weighted by Crippen LogP contribution is -2.41. The van der Waals surface area contributed by atoms with Crippen molar-refractivity contribution in [3.8, 4) is 0 Å². The van der Waals surface area contributed by atoms with Crippen LogP contribution in [-0.2, 0) is 9.59 Å². The minimum absolute atomic E-state index is 0.0901. The summed E-state index contributed by atoms with van der Waals surface area (Å²) >= 11 is 6.08. The van der Waals surface area contributed by atoms with E-state index in [2.05, 4.69) is 4.99 Å². The van der Waals surface area contributed by atoms with Gasteiger partial charge in [-0.2, -0.15) is 0 Å². The molecule has 0 fully saturated rings. The number of hydrogen-bond donors (Lipinski definition) is 1. The molecule has 5 nitrogen and oxygen atoms in total. The van der Waals surface area contributed by atoms with Crippen LogP contribution in [0.15, 0.2) is 47.5 Å². The van der Waals surface area contributed by atoms with E-state index < -0.39 is 23.7 Å². The number of aliphatic imine (C=N–C) groups is 1. The monoisotopic (exact) mass is 360 g/mol. The first-order valence-electron chi connectivity index (χ1n) is 7.60. The summed E-state index contributed by atoms with van der Waals surface area (Å²) < 4.78 is 14.3. The number of anilines is 1. The molecule has 0 radical (unpaired) electrons. The van der Waals surface area contributed by atoms with Gasteiger partial charge in [0.1, 0.15) is 5.82 Å². The molecule has 0 aromatic heterocycles. The quantitative estimate of drug-likeness (QED) is 0.855. The highest BCUT2D eigenvalue weighted by Crippen LogP contribution is 2.31. The van der Waals surface area contributed by atoms with E-state index in [-0.39, 0.29) is 17.8 Å². The topological polar surface area (TPSA) is 70.0 Å². The van der Waals surface area contributed by atoms with Crippen LogP contribution in [0, 0.1) is 5.82 Å².